The number of esters is 1. The molecule has 0 rings (SSSR count). The molecule has 0 aliphatic heterocycles. The van der Waals surface area contributed by atoms with Crippen molar-refractivity contribution in [2.45, 2.75) is 110 Å². The highest BCUT2D eigenvalue weighted by Crippen LogP contribution is 2.11. The van der Waals surface area contributed by atoms with E-state index in [1.54, 1.807) is 0 Å². The van der Waals surface area contributed by atoms with Gasteiger partial charge in [0.2, 0.25) is 0 Å². The van der Waals surface area contributed by atoms with E-state index in [1.165, 1.54) is 57.8 Å². The van der Waals surface area contributed by atoms with Crippen LogP contribution in [0.15, 0.2) is 0 Å². The number of hydrogen-bond donors (Lipinski definition) is 0. The predicted molar refractivity (Wildman–Crippen MR) is 113 cm³/mol. The first-order valence-corrected chi connectivity index (χ1v) is 11.6. The molecule has 4 nitrogen and oxygen atoms in total. The third-order valence-corrected chi connectivity index (χ3v) is 4.69. The zero-order valence-electron chi connectivity index (χ0n) is 18.3. The van der Waals surface area contributed by atoms with Crippen LogP contribution in [0.25, 0.3) is 0 Å². The molecule has 0 radical (unpaired) electrons. The van der Waals surface area contributed by atoms with Crippen molar-refractivity contribution < 1.29 is 19.0 Å². The van der Waals surface area contributed by atoms with Crippen molar-refractivity contribution in [3.05, 3.63) is 0 Å². The molecule has 0 fully saturated rings. The molecule has 0 spiro atoms. The summed E-state index contributed by atoms with van der Waals surface area (Å²) in [5, 5.41) is 0. The maximum Gasteiger partial charge on any atom is 0.305 e. The summed E-state index contributed by atoms with van der Waals surface area (Å²) in [6.07, 6.45) is 17.5. The van der Waals surface area contributed by atoms with E-state index in [0.29, 0.717) is 32.8 Å². The standard InChI is InChI=1S/C23H46O4/c1-3-5-7-8-9-10-11-12-13-14-17-23(24)27-20-16-15-19-26-22-21-25-18-6-4-2/h3-22H2,1-2H3. The minimum Gasteiger partial charge on any atom is -0.466 e. The number of unbranched alkanes of at least 4 members (excludes halogenated alkanes) is 11. The summed E-state index contributed by atoms with van der Waals surface area (Å²) in [6.45, 7) is 7.81. The van der Waals surface area contributed by atoms with E-state index in [2.05, 4.69) is 13.8 Å². The van der Waals surface area contributed by atoms with E-state index in [4.69, 9.17) is 14.2 Å². The summed E-state index contributed by atoms with van der Waals surface area (Å²) < 4.78 is 16.2. The van der Waals surface area contributed by atoms with E-state index in [-0.39, 0.29) is 5.97 Å². The monoisotopic (exact) mass is 386 g/mol. The Balaban J connectivity index is 3.13. The average Bonchev–Trinajstić information content (AvgIpc) is 2.67. The van der Waals surface area contributed by atoms with Crippen LogP contribution in [0.4, 0.5) is 0 Å². The molecule has 0 aromatic heterocycles. The van der Waals surface area contributed by atoms with Gasteiger partial charge in [0, 0.05) is 19.6 Å². The van der Waals surface area contributed by atoms with Crippen molar-refractivity contribution in [2.24, 2.45) is 0 Å². The van der Waals surface area contributed by atoms with Crippen LogP contribution in [0.2, 0.25) is 0 Å². The van der Waals surface area contributed by atoms with Gasteiger partial charge in [0.05, 0.1) is 19.8 Å². The molecule has 162 valence electrons. The molecular formula is C23H46O4. The molecule has 0 atom stereocenters. The zero-order chi connectivity index (χ0) is 19.8. The number of ether oxygens (including phenoxy) is 3. The Labute approximate surface area is 168 Å². The molecule has 0 N–H and O–H groups in total. The molecule has 0 unspecified atom stereocenters. The molecule has 0 bridgehead atoms. The summed E-state index contributed by atoms with van der Waals surface area (Å²) >= 11 is 0. The van der Waals surface area contributed by atoms with E-state index in [0.717, 1.165) is 38.7 Å². The van der Waals surface area contributed by atoms with Gasteiger partial charge in [0.1, 0.15) is 0 Å². The van der Waals surface area contributed by atoms with Crippen LogP contribution < -0.4 is 0 Å². The number of carbonyl (C=O) groups excluding carboxylic acids is 1. The zero-order valence-corrected chi connectivity index (χ0v) is 18.3. The van der Waals surface area contributed by atoms with Crippen molar-refractivity contribution in [3.63, 3.8) is 0 Å². The molecule has 4 heteroatoms. The van der Waals surface area contributed by atoms with Crippen LogP contribution in [0, 0.1) is 0 Å². The molecule has 0 aromatic carbocycles. The first kappa shape index (κ1) is 26.4. The van der Waals surface area contributed by atoms with Gasteiger partial charge in [-0.3, -0.25) is 4.79 Å². The lowest BCUT2D eigenvalue weighted by Gasteiger charge is -2.07. The van der Waals surface area contributed by atoms with Crippen molar-refractivity contribution in [2.75, 3.05) is 33.0 Å². The quantitative estimate of drug-likeness (QED) is 0.158. The first-order chi connectivity index (χ1) is 13.3. The van der Waals surface area contributed by atoms with Crippen molar-refractivity contribution in [3.8, 4) is 0 Å². The lowest BCUT2D eigenvalue weighted by atomic mass is 10.1. The second kappa shape index (κ2) is 23.4. The Morgan fingerprint density at radius 2 is 1.00 bits per heavy atom. The van der Waals surface area contributed by atoms with Crippen LogP contribution in [0.5, 0.6) is 0 Å². The fraction of sp³-hybridized carbons (Fsp3) is 0.957. The van der Waals surface area contributed by atoms with Crippen LogP contribution >= 0.6 is 0 Å². The predicted octanol–water partition coefficient (Wildman–Crippen LogP) is 6.45. The Bertz CT molecular complexity index is 294. The SMILES string of the molecule is CCCCCCCCCCCCC(=O)OCCCCOCCOCCCC. The van der Waals surface area contributed by atoms with E-state index < -0.39 is 0 Å². The summed E-state index contributed by atoms with van der Waals surface area (Å²) in [5.41, 5.74) is 0. The molecule has 0 heterocycles. The normalized spacial score (nSPS) is 11.0. The lowest BCUT2D eigenvalue weighted by molar-refractivity contribution is -0.144. The van der Waals surface area contributed by atoms with Gasteiger partial charge in [0.25, 0.3) is 0 Å². The Hall–Kier alpha value is -0.610. The van der Waals surface area contributed by atoms with Gasteiger partial charge < -0.3 is 14.2 Å². The molecule has 0 aromatic rings. The third-order valence-electron chi connectivity index (χ3n) is 4.69. The molecular weight excluding hydrogens is 340 g/mol. The van der Waals surface area contributed by atoms with Crippen LogP contribution in [0.3, 0.4) is 0 Å². The second-order valence-electron chi connectivity index (χ2n) is 7.44. The summed E-state index contributed by atoms with van der Waals surface area (Å²) in [7, 11) is 0. The third kappa shape index (κ3) is 23.4. The minimum absolute atomic E-state index is 0.0418. The van der Waals surface area contributed by atoms with Crippen molar-refractivity contribution in [1.29, 1.82) is 0 Å². The highest BCUT2D eigenvalue weighted by molar-refractivity contribution is 5.69. The van der Waals surface area contributed by atoms with Gasteiger partial charge in [-0.25, -0.2) is 0 Å². The topological polar surface area (TPSA) is 44.8 Å². The molecule has 0 saturated carbocycles. The van der Waals surface area contributed by atoms with Gasteiger partial charge in [-0.1, -0.05) is 78.1 Å². The van der Waals surface area contributed by atoms with Gasteiger partial charge in [-0.2, -0.15) is 0 Å². The largest absolute Gasteiger partial charge is 0.466 e. The summed E-state index contributed by atoms with van der Waals surface area (Å²) in [4.78, 5) is 11.7. The highest BCUT2D eigenvalue weighted by atomic mass is 16.5. The lowest BCUT2D eigenvalue weighted by Crippen LogP contribution is -2.08. The number of hydrogen-bond acceptors (Lipinski definition) is 4. The van der Waals surface area contributed by atoms with Crippen molar-refractivity contribution >= 4 is 5.97 Å². The minimum atomic E-state index is -0.0418. The first-order valence-electron chi connectivity index (χ1n) is 11.6. The smallest absolute Gasteiger partial charge is 0.305 e. The van der Waals surface area contributed by atoms with Gasteiger partial charge in [-0.15, -0.1) is 0 Å². The summed E-state index contributed by atoms with van der Waals surface area (Å²) in [6, 6.07) is 0. The van der Waals surface area contributed by atoms with Gasteiger partial charge in [-0.05, 0) is 25.7 Å². The van der Waals surface area contributed by atoms with E-state index >= 15 is 0 Å². The van der Waals surface area contributed by atoms with E-state index in [1.807, 2.05) is 0 Å². The van der Waals surface area contributed by atoms with Crippen LogP contribution in [-0.2, 0) is 19.0 Å². The van der Waals surface area contributed by atoms with Crippen molar-refractivity contribution in [1.82, 2.24) is 0 Å². The molecule has 27 heavy (non-hydrogen) atoms. The molecule has 0 aliphatic carbocycles. The number of carbonyl (C=O) groups is 1. The van der Waals surface area contributed by atoms with Crippen LogP contribution in [0.1, 0.15) is 110 Å². The molecule has 0 saturated heterocycles. The molecule has 0 amide bonds. The maximum atomic E-state index is 11.7. The fourth-order valence-electron chi connectivity index (χ4n) is 2.89. The van der Waals surface area contributed by atoms with E-state index in [9.17, 15) is 4.79 Å². The van der Waals surface area contributed by atoms with Crippen LogP contribution in [-0.4, -0.2) is 39.0 Å². The highest BCUT2D eigenvalue weighted by Gasteiger charge is 2.02. The number of rotatable bonds is 22. The Kier molecular flexibility index (Phi) is 22.9. The van der Waals surface area contributed by atoms with Gasteiger partial charge in [0.15, 0.2) is 0 Å². The summed E-state index contributed by atoms with van der Waals surface area (Å²) in [5.74, 6) is -0.0418. The maximum absolute atomic E-state index is 11.7. The molecule has 0 aliphatic rings. The second-order valence-corrected chi connectivity index (χ2v) is 7.44. The fourth-order valence-corrected chi connectivity index (χ4v) is 2.89. The average molecular weight is 387 g/mol. The Morgan fingerprint density at radius 1 is 0.519 bits per heavy atom. The Morgan fingerprint density at radius 3 is 1.59 bits per heavy atom. The van der Waals surface area contributed by atoms with Gasteiger partial charge >= 0.3 is 5.97 Å².